The van der Waals surface area contributed by atoms with Gasteiger partial charge in [0.15, 0.2) is 0 Å². The molecule has 1 saturated heterocycles. The second-order valence-electron chi connectivity index (χ2n) is 5.27. The highest BCUT2D eigenvalue weighted by molar-refractivity contribution is 5.49. The van der Waals surface area contributed by atoms with Crippen molar-refractivity contribution in [3.63, 3.8) is 0 Å². The molecule has 0 radical (unpaired) electrons. The van der Waals surface area contributed by atoms with E-state index in [4.69, 9.17) is 5.11 Å². The Labute approximate surface area is 104 Å². The number of piperidine rings is 1. The van der Waals surface area contributed by atoms with Crippen LogP contribution in [0.4, 0.5) is 5.69 Å². The molecule has 0 saturated carbocycles. The lowest BCUT2D eigenvalue weighted by molar-refractivity contribution is 0.243. The van der Waals surface area contributed by atoms with E-state index in [1.165, 1.54) is 24.9 Å². The fraction of sp³-hybridized carbons (Fsp3) is 0.600. The summed E-state index contributed by atoms with van der Waals surface area (Å²) in [6, 6.07) is 10.7. The predicted molar refractivity (Wildman–Crippen MR) is 72.4 cm³/mol. The summed E-state index contributed by atoms with van der Waals surface area (Å²) < 4.78 is 0. The van der Waals surface area contributed by atoms with E-state index in [2.05, 4.69) is 42.2 Å². The smallest absolute Gasteiger partial charge is 0.0431 e. The normalized spacial score (nSPS) is 24.9. The summed E-state index contributed by atoms with van der Waals surface area (Å²) in [5.41, 5.74) is 1.55. The summed E-state index contributed by atoms with van der Waals surface area (Å²) in [7, 11) is 0. The van der Waals surface area contributed by atoms with E-state index in [1.807, 2.05) is 0 Å². The molecule has 94 valence electrons. The summed E-state index contributed by atoms with van der Waals surface area (Å²) in [5.74, 6) is 0. The SMILES string of the molecule is CC1(CCCO)CCCCN1c1ccccc1. The molecule has 1 aromatic rings. The van der Waals surface area contributed by atoms with Crippen molar-refractivity contribution in [3.8, 4) is 0 Å². The van der Waals surface area contributed by atoms with Crippen LogP contribution in [-0.4, -0.2) is 23.8 Å². The number of para-hydroxylation sites is 1. The van der Waals surface area contributed by atoms with Gasteiger partial charge >= 0.3 is 0 Å². The number of aliphatic hydroxyl groups is 1. The van der Waals surface area contributed by atoms with Gasteiger partial charge in [0.2, 0.25) is 0 Å². The number of hydrogen-bond donors (Lipinski definition) is 1. The van der Waals surface area contributed by atoms with Crippen molar-refractivity contribution in [3.05, 3.63) is 30.3 Å². The maximum Gasteiger partial charge on any atom is 0.0431 e. The summed E-state index contributed by atoms with van der Waals surface area (Å²) >= 11 is 0. The van der Waals surface area contributed by atoms with Crippen LogP contribution in [0.1, 0.15) is 39.0 Å². The number of nitrogens with zero attached hydrogens (tertiary/aromatic N) is 1. The lowest BCUT2D eigenvalue weighted by atomic mass is 9.84. The second kappa shape index (κ2) is 5.54. The van der Waals surface area contributed by atoms with Crippen LogP contribution in [0, 0.1) is 0 Å². The van der Waals surface area contributed by atoms with Gasteiger partial charge in [-0.05, 0) is 51.2 Å². The molecule has 17 heavy (non-hydrogen) atoms. The molecule has 1 N–H and O–H groups in total. The minimum atomic E-state index is 0.225. The largest absolute Gasteiger partial charge is 0.396 e. The Kier molecular flexibility index (Phi) is 4.06. The van der Waals surface area contributed by atoms with Gasteiger partial charge in [-0.2, -0.15) is 0 Å². The number of hydrogen-bond acceptors (Lipinski definition) is 2. The van der Waals surface area contributed by atoms with Crippen LogP contribution in [0.5, 0.6) is 0 Å². The summed E-state index contributed by atoms with van der Waals surface area (Å²) in [5, 5.41) is 9.05. The van der Waals surface area contributed by atoms with Gasteiger partial charge < -0.3 is 10.0 Å². The molecule has 0 aliphatic carbocycles. The first-order chi connectivity index (χ1) is 8.26. The topological polar surface area (TPSA) is 23.5 Å². The van der Waals surface area contributed by atoms with Crippen molar-refractivity contribution < 1.29 is 5.11 Å². The highest BCUT2D eigenvalue weighted by Gasteiger charge is 2.33. The predicted octanol–water partition coefficient (Wildman–Crippen LogP) is 3.21. The first-order valence-electron chi connectivity index (χ1n) is 6.70. The number of rotatable bonds is 4. The zero-order valence-corrected chi connectivity index (χ0v) is 10.7. The average Bonchev–Trinajstić information content (AvgIpc) is 2.38. The van der Waals surface area contributed by atoms with Crippen molar-refractivity contribution >= 4 is 5.69 Å². The minimum absolute atomic E-state index is 0.225. The third kappa shape index (κ3) is 2.81. The van der Waals surface area contributed by atoms with Gasteiger partial charge in [-0.15, -0.1) is 0 Å². The minimum Gasteiger partial charge on any atom is -0.396 e. The Balaban J connectivity index is 2.17. The van der Waals surface area contributed by atoms with Gasteiger partial charge in [-0.25, -0.2) is 0 Å². The van der Waals surface area contributed by atoms with Crippen LogP contribution in [0.15, 0.2) is 30.3 Å². The van der Waals surface area contributed by atoms with Gasteiger partial charge in [0, 0.05) is 24.4 Å². The summed E-state index contributed by atoms with van der Waals surface area (Å²) in [4.78, 5) is 2.53. The lowest BCUT2D eigenvalue weighted by Gasteiger charge is -2.47. The van der Waals surface area contributed by atoms with E-state index >= 15 is 0 Å². The Morgan fingerprint density at radius 2 is 2.00 bits per heavy atom. The molecular formula is C15H23NO. The number of aliphatic hydroxyl groups excluding tert-OH is 1. The van der Waals surface area contributed by atoms with Gasteiger partial charge in [-0.3, -0.25) is 0 Å². The molecule has 0 spiro atoms. The van der Waals surface area contributed by atoms with Crippen LogP contribution in [0.25, 0.3) is 0 Å². The van der Waals surface area contributed by atoms with Crippen molar-refractivity contribution in [2.24, 2.45) is 0 Å². The molecule has 1 aliphatic rings. The molecule has 2 heteroatoms. The van der Waals surface area contributed by atoms with E-state index in [0.717, 1.165) is 19.4 Å². The molecule has 1 heterocycles. The molecule has 1 aliphatic heterocycles. The maximum atomic E-state index is 9.05. The lowest BCUT2D eigenvalue weighted by Crippen LogP contribution is -2.50. The van der Waals surface area contributed by atoms with E-state index in [1.54, 1.807) is 0 Å². The second-order valence-corrected chi connectivity index (χ2v) is 5.27. The van der Waals surface area contributed by atoms with E-state index < -0.39 is 0 Å². The highest BCUT2D eigenvalue weighted by Crippen LogP contribution is 2.35. The van der Waals surface area contributed by atoms with E-state index in [0.29, 0.717) is 6.61 Å². The van der Waals surface area contributed by atoms with Crippen LogP contribution in [0.2, 0.25) is 0 Å². The molecule has 1 aromatic carbocycles. The highest BCUT2D eigenvalue weighted by atomic mass is 16.2. The van der Waals surface area contributed by atoms with Gasteiger partial charge in [0.05, 0.1) is 0 Å². The Hall–Kier alpha value is -1.02. The zero-order valence-electron chi connectivity index (χ0n) is 10.7. The Bertz CT molecular complexity index is 338. The third-order valence-corrected chi connectivity index (χ3v) is 3.94. The molecule has 0 amide bonds. The molecule has 0 bridgehead atoms. The average molecular weight is 233 g/mol. The number of anilines is 1. The van der Waals surface area contributed by atoms with Crippen molar-refractivity contribution in [1.29, 1.82) is 0 Å². The molecule has 1 unspecified atom stereocenters. The van der Waals surface area contributed by atoms with Crippen molar-refractivity contribution in [1.82, 2.24) is 0 Å². The maximum absolute atomic E-state index is 9.05. The third-order valence-electron chi connectivity index (χ3n) is 3.94. The van der Waals surface area contributed by atoms with Crippen LogP contribution in [0.3, 0.4) is 0 Å². The Morgan fingerprint density at radius 1 is 1.24 bits per heavy atom. The fourth-order valence-corrected chi connectivity index (χ4v) is 2.95. The first kappa shape index (κ1) is 12.4. The van der Waals surface area contributed by atoms with Gasteiger partial charge in [-0.1, -0.05) is 18.2 Å². The molecule has 1 atom stereocenters. The molecular weight excluding hydrogens is 210 g/mol. The van der Waals surface area contributed by atoms with E-state index in [9.17, 15) is 0 Å². The zero-order chi connectivity index (χ0) is 12.1. The number of benzene rings is 1. The van der Waals surface area contributed by atoms with Crippen molar-refractivity contribution in [2.75, 3.05) is 18.1 Å². The van der Waals surface area contributed by atoms with Crippen LogP contribution in [-0.2, 0) is 0 Å². The van der Waals surface area contributed by atoms with Crippen LogP contribution < -0.4 is 4.90 Å². The summed E-state index contributed by atoms with van der Waals surface area (Å²) in [6.45, 7) is 3.79. The van der Waals surface area contributed by atoms with Crippen LogP contribution >= 0.6 is 0 Å². The van der Waals surface area contributed by atoms with Crippen molar-refractivity contribution in [2.45, 2.75) is 44.6 Å². The standard InChI is InChI=1S/C15H23NO/c1-15(11-7-13-17)10-5-6-12-16(15)14-8-3-2-4-9-14/h2-4,8-9,17H,5-7,10-13H2,1H3. The quantitative estimate of drug-likeness (QED) is 0.863. The Morgan fingerprint density at radius 3 is 2.71 bits per heavy atom. The monoisotopic (exact) mass is 233 g/mol. The summed E-state index contributed by atoms with van der Waals surface area (Å²) in [6.07, 6.45) is 5.81. The molecule has 2 rings (SSSR count). The first-order valence-corrected chi connectivity index (χ1v) is 6.70. The molecule has 0 aromatic heterocycles. The van der Waals surface area contributed by atoms with E-state index in [-0.39, 0.29) is 5.54 Å². The fourth-order valence-electron chi connectivity index (χ4n) is 2.95. The van der Waals surface area contributed by atoms with Gasteiger partial charge in [0.1, 0.15) is 0 Å². The molecule has 2 nitrogen and oxygen atoms in total. The molecule has 1 fully saturated rings. The van der Waals surface area contributed by atoms with Gasteiger partial charge in [0.25, 0.3) is 0 Å².